The summed E-state index contributed by atoms with van der Waals surface area (Å²) in [5.74, 6) is 0.611. The van der Waals surface area contributed by atoms with E-state index in [0.717, 1.165) is 11.8 Å². The maximum Gasteiger partial charge on any atom is 0.150 e. The van der Waals surface area contributed by atoms with Crippen molar-refractivity contribution in [3.63, 3.8) is 0 Å². The standard InChI is InChI=1S/C9H11NO2/c1-6-7(5-11)3-8(12-2)4-9(6)10/h3-5H,10H2,1-2H3. The fourth-order valence-electron chi connectivity index (χ4n) is 0.972. The number of nitrogen functional groups attached to an aromatic ring is 1. The summed E-state index contributed by atoms with van der Waals surface area (Å²) >= 11 is 0. The molecule has 0 saturated heterocycles. The molecule has 0 saturated carbocycles. The number of rotatable bonds is 2. The second kappa shape index (κ2) is 3.26. The van der Waals surface area contributed by atoms with Gasteiger partial charge in [0.2, 0.25) is 0 Å². The SMILES string of the molecule is COc1cc(N)c(C)c(C=O)c1. The zero-order valence-corrected chi connectivity index (χ0v) is 7.13. The molecular formula is C9H11NO2. The van der Waals surface area contributed by atoms with Crippen LogP contribution in [-0.2, 0) is 0 Å². The predicted octanol–water partition coefficient (Wildman–Crippen LogP) is 1.40. The molecule has 2 N–H and O–H groups in total. The lowest BCUT2D eigenvalue weighted by molar-refractivity contribution is 0.112. The van der Waals surface area contributed by atoms with Gasteiger partial charge in [0.05, 0.1) is 7.11 Å². The minimum Gasteiger partial charge on any atom is -0.497 e. The summed E-state index contributed by atoms with van der Waals surface area (Å²) in [7, 11) is 1.54. The van der Waals surface area contributed by atoms with Crippen molar-refractivity contribution in [3.05, 3.63) is 23.3 Å². The smallest absolute Gasteiger partial charge is 0.150 e. The molecule has 12 heavy (non-hydrogen) atoms. The molecule has 3 heteroatoms. The second-order valence-electron chi connectivity index (χ2n) is 2.55. The van der Waals surface area contributed by atoms with Crippen LogP contribution in [0.25, 0.3) is 0 Å². The Morgan fingerprint density at radius 1 is 1.50 bits per heavy atom. The van der Waals surface area contributed by atoms with E-state index in [-0.39, 0.29) is 0 Å². The first-order chi connectivity index (χ1) is 5.69. The third kappa shape index (κ3) is 1.39. The van der Waals surface area contributed by atoms with E-state index in [2.05, 4.69) is 0 Å². The van der Waals surface area contributed by atoms with E-state index in [0.29, 0.717) is 17.0 Å². The first-order valence-electron chi connectivity index (χ1n) is 3.58. The van der Waals surface area contributed by atoms with Gasteiger partial charge in [0, 0.05) is 17.3 Å². The maximum absolute atomic E-state index is 10.5. The Morgan fingerprint density at radius 2 is 2.17 bits per heavy atom. The van der Waals surface area contributed by atoms with E-state index in [9.17, 15) is 4.79 Å². The molecule has 64 valence electrons. The van der Waals surface area contributed by atoms with Crippen LogP contribution >= 0.6 is 0 Å². The van der Waals surface area contributed by atoms with Crippen LogP contribution in [0.4, 0.5) is 5.69 Å². The first-order valence-corrected chi connectivity index (χ1v) is 3.58. The van der Waals surface area contributed by atoms with Crippen molar-refractivity contribution in [1.82, 2.24) is 0 Å². The molecule has 0 aliphatic carbocycles. The zero-order chi connectivity index (χ0) is 9.14. The van der Waals surface area contributed by atoms with Crippen LogP contribution in [-0.4, -0.2) is 13.4 Å². The van der Waals surface area contributed by atoms with Crippen LogP contribution in [0.1, 0.15) is 15.9 Å². The van der Waals surface area contributed by atoms with Gasteiger partial charge in [-0.15, -0.1) is 0 Å². The highest BCUT2D eigenvalue weighted by Gasteiger charge is 2.03. The van der Waals surface area contributed by atoms with Crippen LogP contribution in [0.5, 0.6) is 5.75 Å². The van der Waals surface area contributed by atoms with Crippen LogP contribution in [0.15, 0.2) is 12.1 Å². The van der Waals surface area contributed by atoms with Gasteiger partial charge in [-0.25, -0.2) is 0 Å². The molecule has 1 rings (SSSR count). The Balaban J connectivity index is 3.28. The van der Waals surface area contributed by atoms with Crippen molar-refractivity contribution >= 4 is 12.0 Å². The Hall–Kier alpha value is -1.51. The lowest BCUT2D eigenvalue weighted by atomic mass is 10.1. The molecule has 1 aromatic carbocycles. The van der Waals surface area contributed by atoms with E-state index in [1.165, 1.54) is 0 Å². The molecule has 0 bridgehead atoms. The van der Waals surface area contributed by atoms with E-state index >= 15 is 0 Å². The zero-order valence-electron chi connectivity index (χ0n) is 7.13. The van der Waals surface area contributed by atoms with Gasteiger partial charge in [-0.3, -0.25) is 4.79 Å². The molecular weight excluding hydrogens is 154 g/mol. The van der Waals surface area contributed by atoms with Gasteiger partial charge < -0.3 is 10.5 Å². The summed E-state index contributed by atoms with van der Waals surface area (Å²) in [4.78, 5) is 10.5. The third-order valence-corrected chi connectivity index (χ3v) is 1.82. The summed E-state index contributed by atoms with van der Waals surface area (Å²) in [5, 5.41) is 0. The predicted molar refractivity (Wildman–Crippen MR) is 47.5 cm³/mol. The normalized spacial score (nSPS) is 9.50. The van der Waals surface area contributed by atoms with Gasteiger partial charge in [-0.1, -0.05) is 0 Å². The fourth-order valence-corrected chi connectivity index (χ4v) is 0.972. The first kappa shape index (κ1) is 8.59. The Kier molecular flexibility index (Phi) is 2.33. The second-order valence-corrected chi connectivity index (χ2v) is 2.55. The van der Waals surface area contributed by atoms with E-state index < -0.39 is 0 Å². The van der Waals surface area contributed by atoms with Crippen molar-refractivity contribution in [2.24, 2.45) is 0 Å². The molecule has 0 unspecified atom stereocenters. The molecule has 0 aliphatic heterocycles. The Labute approximate surface area is 71.1 Å². The average molecular weight is 165 g/mol. The minimum absolute atomic E-state index is 0.576. The number of hydrogen-bond donors (Lipinski definition) is 1. The lowest BCUT2D eigenvalue weighted by Crippen LogP contribution is -1.96. The van der Waals surface area contributed by atoms with Crippen molar-refractivity contribution in [2.75, 3.05) is 12.8 Å². The van der Waals surface area contributed by atoms with Gasteiger partial charge in [0.1, 0.15) is 5.75 Å². The number of benzene rings is 1. The van der Waals surface area contributed by atoms with E-state index in [1.807, 2.05) is 0 Å². The highest BCUT2D eigenvalue weighted by atomic mass is 16.5. The summed E-state index contributed by atoms with van der Waals surface area (Å²) < 4.78 is 4.95. The average Bonchev–Trinajstić information content (AvgIpc) is 2.09. The number of carbonyl (C=O) groups excluding carboxylic acids is 1. The molecule has 0 radical (unpaired) electrons. The molecule has 0 spiro atoms. The summed E-state index contributed by atoms with van der Waals surface area (Å²) in [5.41, 5.74) is 7.59. The van der Waals surface area contributed by atoms with Gasteiger partial charge in [-0.2, -0.15) is 0 Å². The molecule has 0 aliphatic rings. The highest BCUT2D eigenvalue weighted by molar-refractivity contribution is 5.81. The molecule has 0 fully saturated rings. The van der Waals surface area contributed by atoms with Gasteiger partial charge >= 0.3 is 0 Å². The summed E-state index contributed by atoms with van der Waals surface area (Å²) in [6, 6.07) is 3.36. The fraction of sp³-hybridized carbons (Fsp3) is 0.222. The Morgan fingerprint density at radius 3 is 2.67 bits per heavy atom. The number of aldehydes is 1. The molecule has 1 aromatic rings. The van der Waals surface area contributed by atoms with Crippen molar-refractivity contribution in [2.45, 2.75) is 6.92 Å². The van der Waals surface area contributed by atoms with Crippen LogP contribution < -0.4 is 10.5 Å². The molecule has 0 amide bonds. The highest BCUT2D eigenvalue weighted by Crippen LogP contribution is 2.22. The van der Waals surface area contributed by atoms with E-state index in [4.69, 9.17) is 10.5 Å². The summed E-state index contributed by atoms with van der Waals surface area (Å²) in [6.07, 6.45) is 0.772. The van der Waals surface area contributed by atoms with Gasteiger partial charge in [0.25, 0.3) is 0 Å². The summed E-state index contributed by atoms with van der Waals surface area (Å²) in [6.45, 7) is 1.80. The molecule has 0 aromatic heterocycles. The third-order valence-electron chi connectivity index (χ3n) is 1.82. The molecule has 0 atom stereocenters. The van der Waals surface area contributed by atoms with Crippen LogP contribution in [0, 0.1) is 6.92 Å². The van der Waals surface area contributed by atoms with Gasteiger partial charge in [-0.05, 0) is 18.6 Å². The van der Waals surface area contributed by atoms with Crippen molar-refractivity contribution in [3.8, 4) is 5.75 Å². The van der Waals surface area contributed by atoms with Crippen LogP contribution in [0.3, 0.4) is 0 Å². The van der Waals surface area contributed by atoms with E-state index in [1.54, 1.807) is 26.2 Å². The number of methoxy groups -OCH3 is 1. The maximum atomic E-state index is 10.5. The monoisotopic (exact) mass is 165 g/mol. The number of hydrogen-bond acceptors (Lipinski definition) is 3. The van der Waals surface area contributed by atoms with Crippen molar-refractivity contribution < 1.29 is 9.53 Å². The number of nitrogens with two attached hydrogens (primary N) is 1. The largest absolute Gasteiger partial charge is 0.497 e. The number of carbonyl (C=O) groups is 1. The van der Waals surface area contributed by atoms with Crippen LogP contribution in [0.2, 0.25) is 0 Å². The molecule has 3 nitrogen and oxygen atoms in total. The van der Waals surface area contributed by atoms with Gasteiger partial charge in [0.15, 0.2) is 6.29 Å². The Bertz CT molecular complexity index is 308. The lowest BCUT2D eigenvalue weighted by Gasteiger charge is -2.06. The minimum atomic E-state index is 0.576. The quantitative estimate of drug-likeness (QED) is 0.532. The molecule has 0 heterocycles. The number of ether oxygens (including phenoxy) is 1. The van der Waals surface area contributed by atoms with Crippen molar-refractivity contribution in [1.29, 1.82) is 0 Å². The number of anilines is 1. The topological polar surface area (TPSA) is 52.3 Å².